The summed E-state index contributed by atoms with van der Waals surface area (Å²) in [6.45, 7) is 0.517. The second-order valence-corrected chi connectivity index (χ2v) is 6.95. The van der Waals surface area contributed by atoms with E-state index in [-0.39, 0.29) is 24.3 Å². The second kappa shape index (κ2) is 9.16. The van der Waals surface area contributed by atoms with E-state index in [4.69, 9.17) is 11.0 Å². The molecule has 1 heterocycles. The average molecular weight is 376 g/mol. The summed E-state index contributed by atoms with van der Waals surface area (Å²) in [6.07, 6.45) is 1.32. The second-order valence-electron chi connectivity index (χ2n) is 6.95. The SMILES string of the molecule is N#CC1CCCN1C(=O)C(N)CC(=O)NC(c1ccccc1)c1ccccc1. The van der Waals surface area contributed by atoms with Crippen molar-refractivity contribution in [2.24, 2.45) is 5.73 Å². The summed E-state index contributed by atoms with van der Waals surface area (Å²) in [5.74, 6) is -0.638. The van der Waals surface area contributed by atoms with Gasteiger partial charge in [-0.15, -0.1) is 0 Å². The zero-order valence-electron chi connectivity index (χ0n) is 15.6. The van der Waals surface area contributed by atoms with Crippen LogP contribution in [-0.4, -0.2) is 35.3 Å². The van der Waals surface area contributed by atoms with Gasteiger partial charge in [-0.3, -0.25) is 9.59 Å². The first kappa shape index (κ1) is 19.6. The molecule has 3 N–H and O–H groups in total. The van der Waals surface area contributed by atoms with E-state index in [2.05, 4.69) is 11.4 Å². The molecule has 1 aliphatic heterocycles. The van der Waals surface area contributed by atoms with Crippen LogP contribution < -0.4 is 11.1 Å². The molecule has 0 radical (unpaired) electrons. The van der Waals surface area contributed by atoms with Gasteiger partial charge in [-0.2, -0.15) is 5.26 Å². The van der Waals surface area contributed by atoms with Crippen LogP contribution in [0.4, 0.5) is 0 Å². The van der Waals surface area contributed by atoms with Crippen molar-refractivity contribution in [1.82, 2.24) is 10.2 Å². The molecule has 1 fully saturated rings. The minimum atomic E-state index is -0.957. The molecule has 0 aromatic heterocycles. The van der Waals surface area contributed by atoms with Crippen LogP contribution in [0.5, 0.6) is 0 Å². The van der Waals surface area contributed by atoms with Crippen molar-refractivity contribution in [3.63, 3.8) is 0 Å². The van der Waals surface area contributed by atoms with Crippen LogP contribution in [0.15, 0.2) is 60.7 Å². The molecular weight excluding hydrogens is 352 g/mol. The summed E-state index contributed by atoms with van der Waals surface area (Å²) < 4.78 is 0. The highest BCUT2D eigenvalue weighted by Crippen LogP contribution is 2.22. The average Bonchev–Trinajstić information content (AvgIpc) is 3.21. The Labute approximate surface area is 164 Å². The number of benzene rings is 2. The summed E-state index contributed by atoms with van der Waals surface area (Å²) in [5, 5.41) is 12.2. The van der Waals surface area contributed by atoms with Gasteiger partial charge in [-0.1, -0.05) is 60.7 Å². The van der Waals surface area contributed by atoms with Gasteiger partial charge in [0.15, 0.2) is 0 Å². The molecule has 6 nitrogen and oxygen atoms in total. The molecule has 3 rings (SSSR count). The molecule has 2 atom stereocenters. The monoisotopic (exact) mass is 376 g/mol. The van der Waals surface area contributed by atoms with Gasteiger partial charge in [0.05, 0.1) is 24.6 Å². The molecule has 0 saturated carbocycles. The van der Waals surface area contributed by atoms with Crippen LogP contribution in [-0.2, 0) is 9.59 Å². The minimum Gasteiger partial charge on any atom is -0.345 e. The molecule has 0 bridgehead atoms. The van der Waals surface area contributed by atoms with Crippen LogP contribution in [0.1, 0.15) is 36.4 Å². The fourth-order valence-electron chi connectivity index (χ4n) is 3.53. The van der Waals surface area contributed by atoms with Gasteiger partial charge in [0.25, 0.3) is 0 Å². The Morgan fingerprint density at radius 1 is 1.11 bits per heavy atom. The molecule has 144 valence electrons. The third kappa shape index (κ3) is 4.56. The van der Waals surface area contributed by atoms with Crippen LogP contribution in [0, 0.1) is 11.3 Å². The number of carbonyl (C=O) groups is 2. The van der Waals surface area contributed by atoms with Gasteiger partial charge in [0.1, 0.15) is 6.04 Å². The van der Waals surface area contributed by atoms with E-state index in [1.165, 1.54) is 4.90 Å². The van der Waals surface area contributed by atoms with E-state index < -0.39 is 12.1 Å². The number of amides is 2. The zero-order valence-corrected chi connectivity index (χ0v) is 15.6. The Bertz CT molecular complexity index is 808. The molecule has 0 spiro atoms. The van der Waals surface area contributed by atoms with Gasteiger partial charge in [0.2, 0.25) is 11.8 Å². The fraction of sp³-hybridized carbons (Fsp3) is 0.318. The Kier molecular flexibility index (Phi) is 6.41. The Morgan fingerprint density at radius 3 is 2.21 bits per heavy atom. The van der Waals surface area contributed by atoms with E-state index >= 15 is 0 Å². The number of nitrogens with two attached hydrogens (primary N) is 1. The molecule has 1 aliphatic rings. The van der Waals surface area contributed by atoms with Crippen molar-refractivity contribution < 1.29 is 9.59 Å². The number of hydrogen-bond donors (Lipinski definition) is 2. The molecule has 2 unspecified atom stereocenters. The number of hydrogen-bond acceptors (Lipinski definition) is 4. The van der Waals surface area contributed by atoms with Crippen molar-refractivity contribution in [2.75, 3.05) is 6.54 Å². The Hall–Kier alpha value is -3.17. The summed E-state index contributed by atoms with van der Waals surface area (Å²) in [5.41, 5.74) is 7.91. The molecular formula is C22H24N4O2. The number of nitrogens with one attached hydrogen (secondary N) is 1. The molecule has 2 aromatic carbocycles. The smallest absolute Gasteiger partial charge is 0.241 e. The summed E-state index contributed by atoms with van der Waals surface area (Å²) in [4.78, 5) is 26.7. The fourth-order valence-corrected chi connectivity index (χ4v) is 3.53. The lowest BCUT2D eigenvalue weighted by molar-refractivity contribution is -0.135. The van der Waals surface area contributed by atoms with E-state index in [9.17, 15) is 9.59 Å². The Morgan fingerprint density at radius 2 is 1.68 bits per heavy atom. The number of rotatable bonds is 6. The van der Waals surface area contributed by atoms with Crippen LogP contribution in [0.2, 0.25) is 0 Å². The summed E-state index contributed by atoms with van der Waals surface area (Å²) in [7, 11) is 0. The van der Waals surface area contributed by atoms with Crippen LogP contribution in [0.25, 0.3) is 0 Å². The normalized spacial score (nSPS) is 17.2. The first-order valence-electron chi connectivity index (χ1n) is 9.45. The van der Waals surface area contributed by atoms with E-state index in [1.807, 2.05) is 60.7 Å². The number of likely N-dealkylation sites (tertiary alicyclic amines) is 1. The predicted octanol–water partition coefficient (Wildman–Crippen LogP) is 2.12. The third-order valence-electron chi connectivity index (χ3n) is 4.98. The van der Waals surface area contributed by atoms with Crippen molar-refractivity contribution in [1.29, 1.82) is 5.26 Å². The summed E-state index contributed by atoms with van der Waals surface area (Å²) in [6, 6.07) is 19.7. The number of carbonyl (C=O) groups excluding carboxylic acids is 2. The van der Waals surface area contributed by atoms with Gasteiger partial charge >= 0.3 is 0 Å². The van der Waals surface area contributed by atoms with Gasteiger partial charge in [-0.25, -0.2) is 0 Å². The van der Waals surface area contributed by atoms with Crippen molar-refractivity contribution >= 4 is 11.8 Å². The molecule has 1 saturated heterocycles. The maximum absolute atomic E-state index is 12.7. The minimum absolute atomic E-state index is 0.121. The maximum Gasteiger partial charge on any atom is 0.241 e. The van der Waals surface area contributed by atoms with E-state index in [1.54, 1.807) is 0 Å². The lowest BCUT2D eigenvalue weighted by atomic mass is 9.98. The van der Waals surface area contributed by atoms with Gasteiger partial charge in [-0.05, 0) is 24.0 Å². The first-order valence-corrected chi connectivity index (χ1v) is 9.45. The molecule has 0 aliphatic carbocycles. The highest BCUT2D eigenvalue weighted by atomic mass is 16.2. The molecule has 28 heavy (non-hydrogen) atoms. The maximum atomic E-state index is 12.7. The van der Waals surface area contributed by atoms with E-state index in [0.29, 0.717) is 13.0 Å². The van der Waals surface area contributed by atoms with Crippen LogP contribution >= 0.6 is 0 Å². The summed E-state index contributed by atoms with van der Waals surface area (Å²) >= 11 is 0. The van der Waals surface area contributed by atoms with Crippen molar-refractivity contribution in [3.05, 3.63) is 71.8 Å². The lowest BCUT2D eigenvalue weighted by Crippen LogP contribution is -2.47. The highest BCUT2D eigenvalue weighted by molar-refractivity contribution is 5.89. The molecule has 6 heteroatoms. The largest absolute Gasteiger partial charge is 0.345 e. The third-order valence-corrected chi connectivity index (χ3v) is 4.98. The van der Waals surface area contributed by atoms with Gasteiger partial charge in [0, 0.05) is 6.54 Å². The molecule has 2 amide bonds. The van der Waals surface area contributed by atoms with E-state index in [0.717, 1.165) is 17.5 Å². The quantitative estimate of drug-likeness (QED) is 0.807. The number of nitrogens with zero attached hydrogens (tertiary/aromatic N) is 2. The predicted molar refractivity (Wildman–Crippen MR) is 106 cm³/mol. The first-order chi connectivity index (χ1) is 13.6. The Balaban J connectivity index is 1.69. The lowest BCUT2D eigenvalue weighted by Gasteiger charge is -2.24. The highest BCUT2D eigenvalue weighted by Gasteiger charge is 2.32. The topological polar surface area (TPSA) is 99.2 Å². The van der Waals surface area contributed by atoms with Crippen molar-refractivity contribution in [3.8, 4) is 6.07 Å². The standard InChI is InChI=1S/C22H24N4O2/c23-15-18-12-7-13-26(18)22(28)19(24)14-20(27)25-21(16-8-3-1-4-9-16)17-10-5-2-6-11-17/h1-6,8-11,18-19,21H,7,12-14,24H2,(H,25,27). The zero-order chi connectivity index (χ0) is 19.9. The molecule has 2 aromatic rings. The van der Waals surface area contributed by atoms with Gasteiger partial charge < -0.3 is 16.0 Å². The number of nitriles is 1. The van der Waals surface area contributed by atoms with Crippen molar-refractivity contribution in [2.45, 2.75) is 37.4 Å². The van der Waals surface area contributed by atoms with Crippen LogP contribution in [0.3, 0.4) is 0 Å².